The molecule has 1 aromatic heterocycles. The Morgan fingerprint density at radius 2 is 2.15 bits per heavy atom. The Bertz CT molecular complexity index is 671. The van der Waals surface area contributed by atoms with Crippen molar-refractivity contribution in [2.24, 2.45) is 11.5 Å². The van der Waals surface area contributed by atoms with Crippen molar-refractivity contribution < 1.29 is 9.59 Å². The van der Waals surface area contributed by atoms with Gasteiger partial charge in [0, 0.05) is 17.6 Å². The molecule has 2 rings (SSSR count). The Kier molecular flexibility index (Phi) is 4.33. The number of nitrogens with two attached hydrogens (primary N) is 2. The lowest BCUT2D eigenvalue weighted by atomic mass is 10.2. The fourth-order valence-electron chi connectivity index (χ4n) is 1.50. The van der Waals surface area contributed by atoms with Gasteiger partial charge in [0.2, 0.25) is 5.91 Å². The number of benzene rings is 1. The van der Waals surface area contributed by atoms with Crippen LogP contribution in [0, 0.1) is 0 Å². The van der Waals surface area contributed by atoms with E-state index in [-0.39, 0.29) is 28.7 Å². The number of primary amides is 1. The van der Waals surface area contributed by atoms with Crippen LogP contribution in [0.4, 0.5) is 5.69 Å². The number of rotatable bonds is 4. The van der Waals surface area contributed by atoms with E-state index in [4.69, 9.17) is 23.1 Å². The zero-order chi connectivity index (χ0) is 14.7. The van der Waals surface area contributed by atoms with E-state index in [1.54, 1.807) is 11.4 Å². The summed E-state index contributed by atoms with van der Waals surface area (Å²) < 4.78 is 0. The highest BCUT2D eigenvalue weighted by molar-refractivity contribution is 7.09. The number of thiazole rings is 1. The minimum absolute atomic E-state index is 0.177. The molecule has 0 atom stereocenters. The Balaban J connectivity index is 2.15. The molecule has 1 heterocycles. The molecule has 0 bridgehead atoms. The number of halogens is 1. The summed E-state index contributed by atoms with van der Waals surface area (Å²) >= 11 is 7.21. The first kappa shape index (κ1) is 14.4. The lowest BCUT2D eigenvalue weighted by molar-refractivity contribution is 0.0998. The summed E-state index contributed by atoms with van der Waals surface area (Å²) in [6.07, 6.45) is 0. The average molecular weight is 311 g/mol. The SMILES string of the molecule is NCc1nc(C(=O)Nc2ccc(C(N)=O)c(Cl)c2)cs1. The topological polar surface area (TPSA) is 111 Å². The number of carbonyl (C=O) groups excluding carboxylic acids is 2. The largest absolute Gasteiger partial charge is 0.366 e. The predicted octanol–water partition coefficient (Wildman–Crippen LogP) is 1.61. The summed E-state index contributed by atoms with van der Waals surface area (Å²) in [7, 11) is 0. The summed E-state index contributed by atoms with van der Waals surface area (Å²) in [4.78, 5) is 27.0. The monoisotopic (exact) mass is 310 g/mol. The van der Waals surface area contributed by atoms with Gasteiger partial charge in [-0.1, -0.05) is 11.6 Å². The second-order valence-electron chi connectivity index (χ2n) is 3.84. The molecule has 0 saturated carbocycles. The molecule has 1 aromatic carbocycles. The number of hydrogen-bond acceptors (Lipinski definition) is 5. The van der Waals surface area contributed by atoms with Crippen LogP contribution >= 0.6 is 22.9 Å². The smallest absolute Gasteiger partial charge is 0.275 e. The number of amides is 2. The fourth-order valence-corrected chi connectivity index (χ4v) is 2.43. The van der Waals surface area contributed by atoms with Crippen molar-refractivity contribution in [1.29, 1.82) is 0 Å². The van der Waals surface area contributed by atoms with Gasteiger partial charge in [0.25, 0.3) is 5.91 Å². The van der Waals surface area contributed by atoms with Crippen molar-refractivity contribution in [2.75, 3.05) is 5.32 Å². The molecule has 8 heteroatoms. The van der Waals surface area contributed by atoms with E-state index in [1.807, 2.05) is 0 Å². The van der Waals surface area contributed by atoms with Crippen LogP contribution in [0.1, 0.15) is 25.9 Å². The summed E-state index contributed by atoms with van der Waals surface area (Å²) in [5.41, 5.74) is 11.5. The molecule has 6 nitrogen and oxygen atoms in total. The Labute approximate surface area is 123 Å². The summed E-state index contributed by atoms with van der Waals surface area (Å²) in [6.45, 7) is 0.289. The van der Waals surface area contributed by atoms with Crippen molar-refractivity contribution in [3.63, 3.8) is 0 Å². The molecule has 0 aliphatic rings. The second-order valence-corrected chi connectivity index (χ2v) is 5.19. The average Bonchev–Trinajstić information content (AvgIpc) is 2.87. The molecule has 0 unspecified atom stereocenters. The molecule has 2 amide bonds. The van der Waals surface area contributed by atoms with Crippen molar-refractivity contribution in [3.05, 3.63) is 44.9 Å². The van der Waals surface area contributed by atoms with Crippen LogP contribution in [0.25, 0.3) is 0 Å². The summed E-state index contributed by atoms with van der Waals surface area (Å²) in [5.74, 6) is -0.996. The number of hydrogen-bond donors (Lipinski definition) is 3. The number of aromatic nitrogens is 1. The third kappa shape index (κ3) is 3.13. The van der Waals surface area contributed by atoms with Gasteiger partial charge < -0.3 is 16.8 Å². The van der Waals surface area contributed by atoms with E-state index >= 15 is 0 Å². The highest BCUT2D eigenvalue weighted by Gasteiger charge is 2.12. The van der Waals surface area contributed by atoms with Crippen molar-refractivity contribution in [3.8, 4) is 0 Å². The van der Waals surface area contributed by atoms with Gasteiger partial charge in [-0.15, -0.1) is 11.3 Å². The van der Waals surface area contributed by atoms with Gasteiger partial charge in [0.05, 0.1) is 10.6 Å². The highest BCUT2D eigenvalue weighted by Crippen LogP contribution is 2.21. The first-order valence-electron chi connectivity index (χ1n) is 5.56. The van der Waals surface area contributed by atoms with E-state index in [0.717, 1.165) is 0 Å². The van der Waals surface area contributed by atoms with Crippen LogP contribution in [0.5, 0.6) is 0 Å². The number of carbonyl (C=O) groups is 2. The van der Waals surface area contributed by atoms with Gasteiger partial charge in [-0.3, -0.25) is 9.59 Å². The van der Waals surface area contributed by atoms with E-state index in [0.29, 0.717) is 10.7 Å². The lowest BCUT2D eigenvalue weighted by Gasteiger charge is -2.05. The minimum Gasteiger partial charge on any atom is -0.366 e. The normalized spacial score (nSPS) is 10.3. The van der Waals surface area contributed by atoms with E-state index in [9.17, 15) is 9.59 Å². The standard InChI is InChI=1S/C12H11ClN4O2S/c13-8-3-6(1-2-7(8)11(15)18)16-12(19)9-5-20-10(4-14)17-9/h1-3,5H,4,14H2,(H2,15,18)(H,16,19). The first-order valence-corrected chi connectivity index (χ1v) is 6.82. The van der Waals surface area contributed by atoms with Crippen molar-refractivity contribution in [2.45, 2.75) is 6.54 Å². The molecule has 0 aliphatic carbocycles. The van der Waals surface area contributed by atoms with Crippen LogP contribution in [0.15, 0.2) is 23.6 Å². The molecule has 0 radical (unpaired) electrons. The first-order chi connectivity index (χ1) is 9.51. The Morgan fingerprint density at radius 1 is 1.40 bits per heavy atom. The third-order valence-corrected chi connectivity index (χ3v) is 3.64. The number of nitrogens with one attached hydrogen (secondary N) is 1. The maximum atomic E-state index is 11.9. The molecular formula is C12H11ClN4O2S. The van der Waals surface area contributed by atoms with E-state index in [2.05, 4.69) is 10.3 Å². The van der Waals surface area contributed by atoms with E-state index in [1.165, 1.54) is 23.5 Å². The molecule has 5 N–H and O–H groups in total. The number of anilines is 1. The summed E-state index contributed by atoms with van der Waals surface area (Å²) in [5, 5.41) is 5.11. The maximum Gasteiger partial charge on any atom is 0.275 e. The predicted molar refractivity (Wildman–Crippen MR) is 77.9 cm³/mol. The molecule has 0 fully saturated rings. The van der Waals surface area contributed by atoms with Crippen molar-refractivity contribution in [1.82, 2.24) is 4.98 Å². The zero-order valence-electron chi connectivity index (χ0n) is 10.2. The molecule has 20 heavy (non-hydrogen) atoms. The zero-order valence-corrected chi connectivity index (χ0v) is 11.8. The quantitative estimate of drug-likeness (QED) is 0.796. The molecule has 104 valence electrons. The molecule has 0 saturated heterocycles. The second kappa shape index (κ2) is 6.00. The fraction of sp³-hybridized carbons (Fsp3) is 0.0833. The maximum absolute atomic E-state index is 11.9. The van der Waals surface area contributed by atoms with Crippen LogP contribution in [0.2, 0.25) is 5.02 Å². The molecule has 2 aromatic rings. The molecular weight excluding hydrogens is 300 g/mol. The van der Waals surface area contributed by atoms with Crippen LogP contribution in [-0.2, 0) is 6.54 Å². The van der Waals surface area contributed by atoms with Crippen molar-refractivity contribution >= 4 is 40.4 Å². The van der Waals surface area contributed by atoms with Crippen LogP contribution < -0.4 is 16.8 Å². The number of nitrogens with zero attached hydrogens (tertiary/aromatic N) is 1. The van der Waals surface area contributed by atoms with Gasteiger partial charge in [-0.05, 0) is 18.2 Å². The van der Waals surface area contributed by atoms with E-state index < -0.39 is 5.91 Å². The minimum atomic E-state index is -0.625. The Morgan fingerprint density at radius 3 is 2.70 bits per heavy atom. The van der Waals surface area contributed by atoms with Gasteiger partial charge in [-0.25, -0.2) is 4.98 Å². The van der Waals surface area contributed by atoms with Gasteiger partial charge >= 0.3 is 0 Å². The van der Waals surface area contributed by atoms with Gasteiger partial charge in [-0.2, -0.15) is 0 Å². The van der Waals surface area contributed by atoms with Gasteiger partial charge in [0.1, 0.15) is 10.7 Å². The molecule has 0 aliphatic heterocycles. The lowest BCUT2D eigenvalue weighted by Crippen LogP contribution is -2.14. The Hall–Kier alpha value is -1.96. The van der Waals surface area contributed by atoms with Crippen LogP contribution in [0.3, 0.4) is 0 Å². The third-order valence-electron chi connectivity index (χ3n) is 2.45. The van der Waals surface area contributed by atoms with Crippen LogP contribution in [-0.4, -0.2) is 16.8 Å². The van der Waals surface area contributed by atoms with Gasteiger partial charge in [0.15, 0.2) is 0 Å². The highest BCUT2D eigenvalue weighted by atomic mass is 35.5. The summed E-state index contributed by atoms with van der Waals surface area (Å²) in [6, 6.07) is 4.45. The molecule has 0 spiro atoms.